The Hall–Kier alpha value is -1.09. The molecule has 1 atom stereocenters. The largest absolute Gasteiger partial charge is 0.384 e. The van der Waals surface area contributed by atoms with E-state index >= 15 is 0 Å². The SMILES string of the molecule is COC(C)CCc1ccc(N)nc1. The standard InChI is InChI=1S/C10H16N2O/c1-8(13-2)3-4-9-5-6-10(11)12-7-9/h5-8H,3-4H2,1-2H3,(H2,11,12). The summed E-state index contributed by atoms with van der Waals surface area (Å²) in [6.07, 6.45) is 4.12. The van der Waals surface area contributed by atoms with Crippen LogP contribution in [0.4, 0.5) is 5.82 Å². The zero-order valence-corrected chi connectivity index (χ0v) is 8.16. The Morgan fingerprint density at radius 2 is 2.31 bits per heavy atom. The van der Waals surface area contributed by atoms with Crippen molar-refractivity contribution in [3.05, 3.63) is 23.9 Å². The molecule has 0 radical (unpaired) electrons. The predicted molar refractivity (Wildman–Crippen MR) is 53.4 cm³/mol. The van der Waals surface area contributed by atoms with Crippen LogP contribution in [-0.4, -0.2) is 18.2 Å². The molecule has 1 heterocycles. The molecule has 1 aromatic rings. The number of rotatable bonds is 4. The highest BCUT2D eigenvalue weighted by atomic mass is 16.5. The number of pyridine rings is 1. The number of ether oxygens (including phenoxy) is 1. The summed E-state index contributed by atoms with van der Waals surface area (Å²) in [5.41, 5.74) is 6.68. The zero-order valence-electron chi connectivity index (χ0n) is 8.16. The van der Waals surface area contributed by atoms with Crippen molar-refractivity contribution in [2.75, 3.05) is 12.8 Å². The third-order valence-corrected chi connectivity index (χ3v) is 2.09. The van der Waals surface area contributed by atoms with Crippen LogP contribution in [0.2, 0.25) is 0 Å². The summed E-state index contributed by atoms with van der Waals surface area (Å²) in [6, 6.07) is 3.83. The van der Waals surface area contributed by atoms with Gasteiger partial charge in [-0.15, -0.1) is 0 Å². The van der Waals surface area contributed by atoms with Crippen LogP contribution in [-0.2, 0) is 11.2 Å². The summed E-state index contributed by atoms with van der Waals surface area (Å²) in [6.45, 7) is 2.06. The predicted octanol–water partition coefficient (Wildman–Crippen LogP) is 1.63. The van der Waals surface area contributed by atoms with Gasteiger partial charge in [0.05, 0.1) is 6.10 Å². The van der Waals surface area contributed by atoms with E-state index in [2.05, 4.69) is 11.9 Å². The molecule has 0 fully saturated rings. The lowest BCUT2D eigenvalue weighted by Gasteiger charge is -2.08. The highest BCUT2D eigenvalue weighted by Crippen LogP contribution is 2.07. The summed E-state index contributed by atoms with van der Waals surface area (Å²) in [7, 11) is 1.73. The molecule has 72 valence electrons. The van der Waals surface area contributed by atoms with E-state index in [4.69, 9.17) is 10.5 Å². The lowest BCUT2D eigenvalue weighted by atomic mass is 10.1. The first-order chi connectivity index (χ1) is 6.22. The van der Waals surface area contributed by atoms with Crippen molar-refractivity contribution >= 4 is 5.82 Å². The van der Waals surface area contributed by atoms with Gasteiger partial charge in [-0.2, -0.15) is 0 Å². The number of aryl methyl sites for hydroxylation is 1. The van der Waals surface area contributed by atoms with Gasteiger partial charge >= 0.3 is 0 Å². The van der Waals surface area contributed by atoms with Crippen LogP contribution >= 0.6 is 0 Å². The Kier molecular flexibility index (Phi) is 3.71. The maximum atomic E-state index is 5.47. The second-order valence-corrected chi connectivity index (χ2v) is 3.18. The van der Waals surface area contributed by atoms with Crippen molar-refractivity contribution in [2.45, 2.75) is 25.9 Å². The van der Waals surface area contributed by atoms with E-state index in [1.54, 1.807) is 7.11 Å². The highest BCUT2D eigenvalue weighted by Gasteiger charge is 2.00. The molecule has 0 saturated heterocycles. The summed E-state index contributed by atoms with van der Waals surface area (Å²) < 4.78 is 5.15. The molecule has 13 heavy (non-hydrogen) atoms. The van der Waals surface area contributed by atoms with Crippen LogP contribution in [0.3, 0.4) is 0 Å². The molecule has 0 bridgehead atoms. The van der Waals surface area contributed by atoms with E-state index in [0.29, 0.717) is 11.9 Å². The smallest absolute Gasteiger partial charge is 0.123 e. The lowest BCUT2D eigenvalue weighted by molar-refractivity contribution is 0.111. The van der Waals surface area contributed by atoms with Crippen LogP contribution in [0.5, 0.6) is 0 Å². The van der Waals surface area contributed by atoms with Crippen LogP contribution in [0, 0.1) is 0 Å². The number of nitrogens with two attached hydrogens (primary N) is 1. The molecule has 2 N–H and O–H groups in total. The van der Waals surface area contributed by atoms with Crippen LogP contribution in [0.15, 0.2) is 18.3 Å². The van der Waals surface area contributed by atoms with E-state index in [0.717, 1.165) is 12.8 Å². The number of hydrogen-bond donors (Lipinski definition) is 1. The number of hydrogen-bond acceptors (Lipinski definition) is 3. The lowest BCUT2D eigenvalue weighted by Crippen LogP contribution is -2.06. The minimum atomic E-state index is 0.303. The van der Waals surface area contributed by atoms with Gasteiger partial charge in [-0.1, -0.05) is 6.07 Å². The molecule has 0 saturated carbocycles. The molecular formula is C10H16N2O. The summed E-state index contributed by atoms with van der Waals surface area (Å²) in [5.74, 6) is 0.573. The van der Waals surface area contributed by atoms with Gasteiger partial charge in [-0.25, -0.2) is 4.98 Å². The average Bonchev–Trinajstić information content (AvgIpc) is 2.16. The molecule has 0 aromatic carbocycles. The third-order valence-electron chi connectivity index (χ3n) is 2.09. The Labute approximate surface area is 78.9 Å². The maximum absolute atomic E-state index is 5.47. The van der Waals surface area contributed by atoms with Crippen molar-refractivity contribution in [2.24, 2.45) is 0 Å². The molecule has 0 amide bonds. The normalized spacial score (nSPS) is 12.8. The van der Waals surface area contributed by atoms with Crippen LogP contribution in [0.1, 0.15) is 18.9 Å². The topological polar surface area (TPSA) is 48.1 Å². The molecule has 0 spiro atoms. The van der Waals surface area contributed by atoms with Crippen molar-refractivity contribution < 1.29 is 4.74 Å². The molecule has 3 heteroatoms. The fraction of sp³-hybridized carbons (Fsp3) is 0.500. The van der Waals surface area contributed by atoms with Crippen LogP contribution < -0.4 is 5.73 Å². The van der Waals surface area contributed by atoms with Crippen LogP contribution in [0.25, 0.3) is 0 Å². The fourth-order valence-corrected chi connectivity index (χ4v) is 1.07. The maximum Gasteiger partial charge on any atom is 0.123 e. The minimum absolute atomic E-state index is 0.303. The number of methoxy groups -OCH3 is 1. The van der Waals surface area contributed by atoms with Gasteiger partial charge in [0.1, 0.15) is 5.82 Å². The van der Waals surface area contributed by atoms with Gasteiger partial charge in [-0.3, -0.25) is 0 Å². The van der Waals surface area contributed by atoms with Crippen molar-refractivity contribution in [3.63, 3.8) is 0 Å². The molecule has 1 rings (SSSR count). The van der Waals surface area contributed by atoms with Gasteiger partial charge in [0.2, 0.25) is 0 Å². The van der Waals surface area contributed by atoms with Gasteiger partial charge in [0, 0.05) is 13.3 Å². The first-order valence-electron chi connectivity index (χ1n) is 4.45. The average molecular weight is 180 g/mol. The van der Waals surface area contributed by atoms with Crippen molar-refractivity contribution in [1.29, 1.82) is 0 Å². The summed E-state index contributed by atoms with van der Waals surface area (Å²) in [4.78, 5) is 4.02. The molecule has 0 aliphatic heterocycles. The molecule has 3 nitrogen and oxygen atoms in total. The van der Waals surface area contributed by atoms with E-state index in [1.807, 2.05) is 18.3 Å². The summed E-state index contributed by atoms with van der Waals surface area (Å²) >= 11 is 0. The number of anilines is 1. The first kappa shape index (κ1) is 9.99. The fourth-order valence-electron chi connectivity index (χ4n) is 1.07. The van der Waals surface area contributed by atoms with E-state index in [9.17, 15) is 0 Å². The minimum Gasteiger partial charge on any atom is -0.384 e. The van der Waals surface area contributed by atoms with Gasteiger partial charge in [-0.05, 0) is 31.4 Å². The number of nitrogen functional groups attached to an aromatic ring is 1. The molecular weight excluding hydrogens is 164 g/mol. The molecule has 1 aromatic heterocycles. The van der Waals surface area contributed by atoms with Gasteiger partial charge < -0.3 is 10.5 Å². The highest BCUT2D eigenvalue weighted by molar-refractivity contribution is 5.29. The van der Waals surface area contributed by atoms with Crippen molar-refractivity contribution in [1.82, 2.24) is 4.98 Å². The monoisotopic (exact) mass is 180 g/mol. The van der Waals surface area contributed by atoms with Crippen molar-refractivity contribution in [3.8, 4) is 0 Å². The molecule has 0 aliphatic rings. The number of nitrogens with zero attached hydrogens (tertiary/aromatic N) is 1. The Morgan fingerprint density at radius 3 is 2.85 bits per heavy atom. The molecule has 0 aliphatic carbocycles. The number of aromatic nitrogens is 1. The first-order valence-corrected chi connectivity index (χ1v) is 4.45. The third kappa shape index (κ3) is 3.42. The Balaban J connectivity index is 2.41. The zero-order chi connectivity index (χ0) is 9.68. The van der Waals surface area contributed by atoms with E-state index in [1.165, 1.54) is 5.56 Å². The summed E-state index contributed by atoms with van der Waals surface area (Å²) in [5, 5.41) is 0. The second-order valence-electron chi connectivity index (χ2n) is 3.18. The Bertz CT molecular complexity index is 246. The second kappa shape index (κ2) is 4.82. The van der Waals surface area contributed by atoms with E-state index < -0.39 is 0 Å². The quantitative estimate of drug-likeness (QED) is 0.766. The van der Waals surface area contributed by atoms with E-state index in [-0.39, 0.29) is 0 Å². The molecule has 1 unspecified atom stereocenters. The van der Waals surface area contributed by atoms with Gasteiger partial charge in [0.15, 0.2) is 0 Å². The Morgan fingerprint density at radius 1 is 1.54 bits per heavy atom. The van der Waals surface area contributed by atoms with Gasteiger partial charge in [0.25, 0.3) is 0 Å².